The zero-order chi connectivity index (χ0) is 12.3. The lowest BCUT2D eigenvalue weighted by Crippen LogP contribution is -2.09. The third-order valence-corrected chi connectivity index (χ3v) is 4.68. The number of benzene rings is 1. The van der Waals surface area contributed by atoms with Crippen LogP contribution in [0.4, 0.5) is 0 Å². The molecule has 0 saturated carbocycles. The maximum absolute atomic E-state index is 11.9. The Morgan fingerprint density at radius 3 is 2.38 bits per heavy atom. The molecular formula is C12H15NO2S. The number of rotatable bonds is 3. The monoisotopic (exact) mass is 237 g/mol. The Balaban J connectivity index is 3.26. The molecule has 4 heteroatoms. The van der Waals surface area contributed by atoms with E-state index in [4.69, 9.17) is 5.26 Å². The van der Waals surface area contributed by atoms with Crippen LogP contribution >= 0.6 is 0 Å². The zero-order valence-corrected chi connectivity index (χ0v) is 10.6. The molecule has 0 radical (unpaired) electrons. The molecule has 1 aromatic rings. The highest BCUT2D eigenvalue weighted by Crippen LogP contribution is 2.22. The molecule has 3 nitrogen and oxygen atoms in total. The van der Waals surface area contributed by atoms with Gasteiger partial charge in [-0.1, -0.05) is 6.07 Å². The number of hydrogen-bond donors (Lipinski definition) is 0. The van der Waals surface area contributed by atoms with Crippen LogP contribution in [0.5, 0.6) is 0 Å². The molecule has 1 aromatic carbocycles. The van der Waals surface area contributed by atoms with E-state index in [-0.39, 0.29) is 12.2 Å². The highest BCUT2D eigenvalue weighted by Gasteiger charge is 2.17. The number of nitriles is 1. The van der Waals surface area contributed by atoms with E-state index in [9.17, 15) is 8.42 Å². The van der Waals surface area contributed by atoms with Crippen molar-refractivity contribution in [3.8, 4) is 6.07 Å². The van der Waals surface area contributed by atoms with E-state index in [1.807, 2.05) is 32.9 Å². The van der Waals surface area contributed by atoms with Gasteiger partial charge in [-0.3, -0.25) is 0 Å². The van der Waals surface area contributed by atoms with E-state index in [0.717, 1.165) is 16.7 Å². The molecule has 0 fully saturated rings. The van der Waals surface area contributed by atoms with E-state index in [1.165, 1.54) is 0 Å². The maximum Gasteiger partial charge on any atom is 0.179 e. The lowest BCUT2D eigenvalue weighted by Gasteiger charge is -2.10. The Labute approximate surface area is 96.6 Å². The van der Waals surface area contributed by atoms with Gasteiger partial charge < -0.3 is 0 Å². The predicted octanol–water partition coefficient (Wildman–Crippen LogP) is 2.30. The van der Waals surface area contributed by atoms with Gasteiger partial charge in [-0.2, -0.15) is 5.26 Å². The Hall–Kier alpha value is -1.34. The summed E-state index contributed by atoms with van der Waals surface area (Å²) < 4.78 is 23.8. The second-order valence-electron chi connectivity index (χ2n) is 3.86. The van der Waals surface area contributed by atoms with Crippen molar-refractivity contribution < 1.29 is 8.42 Å². The Bertz CT molecular complexity index is 539. The topological polar surface area (TPSA) is 57.9 Å². The van der Waals surface area contributed by atoms with Crippen molar-refractivity contribution in [2.24, 2.45) is 0 Å². The maximum atomic E-state index is 11.9. The molecule has 0 aliphatic heterocycles. The minimum Gasteiger partial charge on any atom is -0.224 e. The lowest BCUT2D eigenvalue weighted by molar-refractivity contribution is 0.595. The first-order valence-electron chi connectivity index (χ1n) is 5.06. The first-order chi connectivity index (χ1) is 7.40. The van der Waals surface area contributed by atoms with Crippen molar-refractivity contribution in [1.29, 1.82) is 5.26 Å². The summed E-state index contributed by atoms with van der Waals surface area (Å²) in [6, 6.07) is 5.30. The molecule has 0 amide bonds. The van der Waals surface area contributed by atoms with Crippen molar-refractivity contribution in [3.63, 3.8) is 0 Å². The summed E-state index contributed by atoms with van der Waals surface area (Å²) in [6.07, 6.45) is 0.0364. The molecule has 0 unspecified atom stereocenters. The van der Waals surface area contributed by atoms with E-state index in [1.54, 1.807) is 6.07 Å². The molecule has 0 spiro atoms. The van der Waals surface area contributed by atoms with Crippen LogP contribution in [0.2, 0.25) is 0 Å². The smallest absolute Gasteiger partial charge is 0.179 e. The second kappa shape index (κ2) is 4.67. The molecule has 0 bridgehead atoms. The van der Waals surface area contributed by atoms with Crippen molar-refractivity contribution in [2.45, 2.75) is 32.1 Å². The van der Waals surface area contributed by atoms with Crippen molar-refractivity contribution in [3.05, 3.63) is 28.8 Å². The van der Waals surface area contributed by atoms with Crippen LogP contribution in [0.3, 0.4) is 0 Å². The summed E-state index contributed by atoms with van der Waals surface area (Å²) in [5.74, 6) is -0.104. The van der Waals surface area contributed by atoms with Crippen LogP contribution in [-0.2, 0) is 9.84 Å². The number of nitrogens with zero attached hydrogens (tertiary/aromatic N) is 1. The van der Waals surface area contributed by atoms with Crippen molar-refractivity contribution >= 4 is 9.84 Å². The van der Waals surface area contributed by atoms with Gasteiger partial charge in [-0.05, 0) is 43.5 Å². The number of aryl methyl sites for hydroxylation is 1. The summed E-state index contributed by atoms with van der Waals surface area (Å²) in [4.78, 5) is 0.353. The van der Waals surface area contributed by atoms with Crippen LogP contribution in [0.15, 0.2) is 17.0 Å². The molecule has 0 saturated heterocycles. The first-order valence-corrected chi connectivity index (χ1v) is 6.72. The normalized spacial score (nSPS) is 11.1. The standard InChI is InChI=1S/C12H15NO2S/c1-9-5-6-12(11(3)10(9)2)16(14,15)8-4-7-13/h5-6H,4,8H2,1-3H3. The zero-order valence-electron chi connectivity index (χ0n) is 9.74. The fraction of sp³-hybridized carbons (Fsp3) is 0.417. The summed E-state index contributed by atoms with van der Waals surface area (Å²) in [5, 5.41) is 8.43. The second-order valence-corrected chi connectivity index (χ2v) is 5.94. The summed E-state index contributed by atoms with van der Waals surface area (Å²) >= 11 is 0. The molecule has 0 aromatic heterocycles. The van der Waals surface area contributed by atoms with Gasteiger partial charge >= 0.3 is 0 Å². The van der Waals surface area contributed by atoms with Gasteiger partial charge in [0.25, 0.3) is 0 Å². The molecule has 0 heterocycles. The number of hydrogen-bond acceptors (Lipinski definition) is 3. The van der Waals surface area contributed by atoms with Crippen LogP contribution in [-0.4, -0.2) is 14.2 Å². The van der Waals surface area contributed by atoms with Crippen LogP contribution in [0.25, 0.3) is 0 Å². The molecule has 0 aliphatic rings. The van der Waals surface area contributed by atoms with Gasteiger partial charge in [0.1, 0.15) is 0 Å². The molecule has 0 atom stereocenters. The minimum absolute atomic E-state index is 0.0364. The van der Waals surface area contributed by atoms with Gasteiger partial charge in [0.05, 0.1) is 16.7 Å². The van der Waals surface area contributed by atoms with Gasteiger partial charge in [-0.15, -0.1) is 0 Å². The average molecular weight is 237 g/mol. The SMILES string of the molecule is Cc1ccc(S(=O)(=O)CCC#N)c(C)c1C. The first kappa shape index (κ1) is 12.7. The minimum atomic E-state index is -3.31. The third-order valence-electron chi connectivity index (χ3n) is 2.83. The van der Waals surface area contributed by atoms with Crippen LogP contribution < -0.4 is 0 Å². The van der Waals surface area contributed by atoms with E-state index >= 15 is 0 Å². The van der Waals surface area contributed by atoms with Gasteiger partial charge in [0, 0.05) is 6.42 Å². The highest BCUT2D eigenvalue weighted by molar-refractivity contribution is 7.91. The number of sulfone groups is 1. The Kier molecular flexibility index (Phi) is 3.71. The van der Waals surface area contributed by atoms with E-state index < -0.39 is 9.84 Å². The van der Waals surface area contributed by atoms with E-state index in [2.05, 4.69) is 0 Å². The van der Waals surface area contributed by atoms with Crippen molar-refractivity contribution in [1.82, 2.24) is 0 Å². The molecule has 0 N–H and O–H groups in total. The van der Waals surface area contributed by atoms with Gasteiger partial charge in [0.2, 0.25) is 0 Å². The predicted molar refractivity (Wildman–Crippen MR) is 62.9 cm³/mol. The highest BCUT2D eigenvalue weighted by atomic mass is 32.2. The van der Waals surface area contributed by atoms with Crippen molar-refractivity contribution in [2.75, 3.05) is 5.75 Å². The molecule has 1 rings (SSSR count). The quantitative estimate of drug-likeness (QED) is 0.810. The summed E-state index contributed by atoms with van der Waals surface area (Å²) in [5.41, 5.74) is 2.87. The Morgan fingerprint density at radius 1 is 1.19 bits per heavy atom. The molecule has 86 valence electrons. The largest absolute Gasteiger partial charge is 0.224 e. The lowest BCUT2D eigenvalue weighted by atomic mass is 10.1. The van der Waals surface area contributed by atoms with Crippen LogP contribution in [0.1, 0.15) is 23.1 Å². The fourth-order valence-electron chi connectivity index (χ4n) is 1.56. The molecular weight excluding hydrogens is 222 g/mol. The summed E-state index contributed by atoms with van der Waals surface area (Å²) in [6.45, 7) is 5.67. The molecule has 0 aliphatic carbocycles. The Morgan fingerprint density at radius 2 is 1.81 bits per heavy atom. The van der Waals surface area contributed by atoms with Gasteiger partial charge in [0.15, 0.2) is 9.84 Å². The third kappa shape index (κ3) is 2.42. The van der Waals surface area contributed by atoms with Crippen LogP contribution in [0, 0.1) is 32.1 Å². The van der Waals surface area contributed by atoms with Gasteiger partial charge in [-0.25, -0.2) is 8.42 Å². The average Bonchev–Trinajstić information content (AvgIpc) is 2.23. The van der Waals surface area contributed by atoms with E-state index in [0.29, 0.717) is 4.90 Å². The molecule has 16 heavy (non-hydrogen) atoms. The fourth-order valence-corrected chi connectivity index (χ4v) is 3.03. The summed E-state index contributed by atoms with van der Waals surface area (Å²) in [7, 11) is -3.31.